The first-order valence-corrected chi connectivity index (χ1v) is 5.43. The maximum absolute atomic E-state index is 10.2. The molecule has 3 nitrogen and oxygen atoms in total. The Bertz CT molecular complexity index is 172. The topological polar surface area (TPSA) is 35.5 Å². The van der Waals surface area contributed by atoms with Crippen LogP contribution in [0.4, 0.5) is 0 Å². The predicted molar refractivity (Wildman–Crippen MR) is 52.7 cm³/mol. The van der Waals surface area contributed by atoms with E-state index in [4.69, 9.17) is 0 Å². The van der Waals surface area contributed by atoms with Gasteiger partial charge in [0.25, 0.3) is 0 Å². The van der Waals surface area contributed by atoms with Crippen LogP contribution in [0.25, 0.3) is 0 Å². The van der Waals surface area contributed by atoms with Gasteiger partial charge in [0.05, 0.1) is 0 Å². The molecule has 0 aliphatic carbocycles. The molecule has 0 bridgehead atoms. The van der Waals surface area contributed by atoms with Crippen molar-refractivity contribution < 1.29 is 5.11 Å². The molecular formula is C10H20N2O. The van der Waals surface area contributed by atoms with Crippen LogP contribution >= 0.6 is 0 Å². The second-order valence-electron chi connectivity index (χ2n) is 4.41. The van der Waals surface area contributed by atoms with Gasteiger partial charge in [0.1, 0.15) is 5.60 Å². The Morgan fingerprint density at radius 2 is 2.23 bits per heavy atom. The third-order valence-electron chi connectivity index (χ3n) is 3.40. The molecule has 3 heteroatoms. The number of nitrogens with one attached hydrogen (secondary N) is 1. The first kappa shape index (κ1) is 9.44. The molecule has 1 atom stereocenters. The van der Waals surface area contributed by atoms with Gasteiger partial charge in [-0.25, -0.2) is 0 Å². The number of β-amino-alcohol motifs (C(OH)–C–C–N with tert-alkyl or cyclic N) is 1. The Morgan fingerprint density at radius 3 is 2.77 bits per heavy atom. The van der Waals surface area contributed by atoms with Crippen molar-refractivity contribution in [2.75, 3.05) is 26.2 Å². The highest BCUT2D eigenvalue weighted by atomic mass is 16.3. The number of hydrogen-bond acceptors (Lipinski definition) is 3. The van der Waals surface area contributed by atoms with Crippen LogP contribution in [0.3, 0.4) is 0 Å². The van der Waals surface area contributed by atoms with Crippen LogP contribution in [0.15, 0.2) is 0 Å². The van der Waals surface area contributed by atoms with Crippen LogP contribution in [0.5, 0.6) is 0 Å². The van der Waals surface area contributed by atoms with Gasteiger partial charge in [-0.1, -0.05) is 13.3 Å². The summed E-state index contributed by atoms with van der Waals surface area (Å²) in [6.45, 7) is 6.02. The number of hydrogen-bond donors (Lipinski definition) is 2. The zero-order valence-electron chi connectivity index (χ0n) is 8.42. The third kappa shape index (κ3) is 1.73. The number of likely N-dealkylation sites (tertiary alicyclic amines) is 1. The van der Waals surface area contributed by atoms with Crippen LogP contribution in [-0.2, 0) is 0 Å². The van der Waals surface area contributed by atoms with Crippen molar-refractivity contribution in [2.24, 2.45) is 0 Å². The molecule has 0 spiro atoms. The smallest absolute Gasteiger partial charge is 0.105 e. The van der Waals surface area contributed by atoms with Crippen LogP contribution in [0.1, 0.15) is 26.2 Å². The molecule has 0 aromatic carbocycles. The van der Waals surface area contributed by atoms with Gasteiger partial charge < -0.3 is 10.4 Å². The lowest BCUT2D eigenvalue weighted by molar-refractivity contribution is -0.122. The lowest BCUT2D eigenvalue weighted by Crippen LogP contribution is -2.70. The van der Waals surface area contributed by atoms with E-state index in [2.05, 4.69) is 17.1 Å². The minimum absolute atomic E-state index is 0.351. The van der Waals surface area contributed by atoms with Crippen LogP contribution in [-0.4, -0.2) is 47.8 Å². The van der Waals surface area contributed by atoms with Gasteiger partial charge >= 0.3 is 0 Å². The molecule has 0 aromatic rings. The molecule has 0 amide bonds. The Kier molecular flexibility index (Phi) is 2.58. The number of piperidine rings is 1. The molecular weight excluding hydrogens is 164 g/mol. The highest BCUT2D eigenvalue weighted by Crippen LogP contribution is 2.28. The summed E-state index contributed by atoms with van der Waals surface area (Å²) in [5.74, 6) is 0. The van der Waals surface area contributed by atoms with Gasteiger partial charge in [0.2, 0.25) is 0 Å². The molecule has 2 heterocycles. The highest BCUT2D eigenvalue weighted by molar-refractivity contribution is 5.04. The molecule has 2 aliphatic heterocycles. The standard InChI is InChI=1S/C10H20N2O/c1-2-12-7-10(13,8-12)9-5-3-4-6-11-9/h9,11,13H,2-8H2,1H3/t9-/m0/s1. The molecule has 2 saturated heterocycles. The van der Waals surface area contributed by atoms with E-state index in [0.29, 0.717) is 6.04 Å². The zero-order valence-corrected chi connectivity index (χ0v) is 8.42. The van der Waals surface area contributed by atoms with E-state index in [9.17, 15) is 5.11 Å². The molecule has 0 saturated carbocycles. The molecule has 2 aliphatic rings. The Labute approximate surface area is 80.1 Å². The fourth-order valence-electron chi connectivity index (χ4n) is 2.48. The second-order valence-corrected chi connectivity index (χ2v) is 4.41. The summed E-state index contributed by atoms with van der Waals surface area (Å²) in [5, 5.41) is 13.7. The van der Waals surface area contributed by atoms with Gasteiger partial charge in [-0.2, -0.15) is 0 Å². The quantitative estimate of drug-likeness (QED) is 0.643. The van der Waals surface area contributed by atoms with Gasteiger partial charge in [0.15, 0.2) is 0 Å². The first-order valence-electron chi connectivity index (χ1n) is 5.43. The lowest BCUT2D eigenvalue weighted by atomic mass is 9.82. The van der Waals surface area contributed by atoms with E-state index >= 15 is 0 Å². The van der Waals surface area contributed by atoms with Crippen molar-refractivity contribution in [2.45, 2.75) is 37.8 Å². The molecule has 76 valence electrons. The van der Waals surface area contributed by atoms with Gasteiger partial charge in [0, 0.05) is 19.1 Å². The van der Waals surface area contributed by atoms with Gasteiger partial charge in [-0.05, 0) is 25.9 Å². The molecule has 13 heavy (non-hydrogen) atoms. The average molecular weight is 184 g/mol. The monoisotopic (exact) mass is 184 g/mol. The average Bonchev–Trinajstić information content (AvgIpc) is 2.14. The maximum atomic E-state index is 10.2. The second kappa shape index (κ2) is 3.56. The summed E-state index contributed by atoms with van der Waals surface area (Å²) < 4.78 is 0. The van der Waals surface area contributed by atoms with Gasteiger partial charge in [-0.15, -0.1) is 0 Å². The maximum Gasteiger partial charge on any atom is 0.105 e. The molecule has 0 radical (unpaired) electrons. The fourth-order valence-corrected chi connectivity index (χ4v) is 2.48. The zero-order chi connectivity index (χ0) is 9.31. The van der Waals surface area contributed by atoms with E-state index in [1.54, 1.807) is 0 Å². The molecule has 0 aromatic heterocycles. The largest absolute Gasteiger partial charge is 0.386 e. The third-order valence-corrected chi connectivity index (χ3v) is 3.40. The molecule has 0 unspecified atom stereocenters. The van der Waals surface area contributed by atoms with Crippen molar-refractivity contribution in [1.82, 2.24) is 10.2 Å². The Morgan fingerprint density at radius 1 is 1.46 bits per heavy atom. The van der Waals surface area contributed by atoms with Crippen LogP contribution in [0.2, 0.25) is 0 Å². The summed E-state index contributed by atoms with van der Waals surface area (Å²) in [7, 11) is 0. The summed E-state index contributed by atoms with van der Waals surface area (Å²) in [6, 6.07) is 0.351. The summed E-state index contributed by atoms with van der Waals surface area (Å²) in [4.78, 5) is 2.29. The number of nitrogens with zero attached hydrogens (tertiary/aromatic N) is 1. The fraction of sp³-hybridized carbons (Fsp3) is 1.00. The number of aliphatic hydroxyl groups is 1. The number of rotatable bonds is 2. The molecule has 2 fully saturated rings. The van der Waals surface area contributed by atoms with E-state index in [0.717, 1.165) is 32.6 Å². The minimum atomic E-state index is -0.420. The first-order chi connectivity index (χ1) is 6.24. The van der Waals surface area contributed by atoms with Crippen molar-refractivity contribution in [3.8, 4) is 0 Å². The minimum Gasteiger partial charge on any atom is -0.386 e. The Hall–Kier alpha value is -0.120. The van der Waals surface area contributed by atoms with Crippen molar-refractivity contribution in [3.05, 3.63) is 0 Å². The number of likely N-dealkylation sites (N-methyl/N-ethyl adjacent to an activating group) is 1. The normalized spacial score (nSPS) is 34.2. The van der Waals surface area contributed by atoms with Crippen molar-refractivity contribution in [1.29, 1.82) is 0 Å². The van der Waals surface area contributed by atoms with Crippen LogP contribution < -0.4 is 5.32 Å². The Balaban J connectivity index is 1.86. The summed E-state index contributed by atoms with van der Waals surface area (Å²) in [6.07, 6.45) is 3.68. The predicted octanol–water partition coefficient (Wildman–Crippen LogP) is 0.195. The van der Waals surface area contributed by atoms with E-state index in [1.165, 1.54) is 12.8 Å². The molecule has 2 rings (SSSR count). The summed E-state index contributed by atoms with van der Waals surface area (Å²) in [5.41, 5.74) is -0.420. The molecule has 2 N–H and O–H groups in total. The lowest BCUT2D eigenvalue weighted by Gasteiger charge is -2.51. The van der Waals surface area contributed by atoms with Gasteiger partial charge in [-0.3, -0.25) is 4.90 Å². The van der Waals surface area contributed by atoms with E-state index < -0.39 is 5.60 Å². The van der Waals surface area contributed by atoms with Crippen LogP contribution in [0, 0.1) is 0 Å². The highest BCUT2D eigenvalue weighted by Gasteiger charge is 2.46. The van der Waals surface area contributed by atoms with Crippen molar-refractivity contribution >= 4 is 0 Å². The summed E-state index contributed by atoms with van der Waals surface area (Å²) >= 11 is 0. The SMILES string of the molecule is CCN1CC(O)([C@@H]2CCCCN2)C1. The van der Waals surface area contributed by atoms with E-state index in [1.807, 2.05) is 0 Å². The van der Waals surface area contributed by atoms with Crippen molar-refractivity contribution in [3.63, 3.8) is 0 Å². The van der Waals surface area contributed by atoms with E-state index in [-0.39, 0.29) is 0 Å².